The molecule has 37 nitrogen and oxygen atoms in total. The number of ether oxygens (including phenoxy) is 4. The van der Waals surface area contributed by atoms with E-state index in [1.807, 2.05) is 72.8 Å². The molecule has 2 amide bonds. The summed E-state index contributed by atoms with van der Waals surface area (Å²) in [6, 6.07) is 46.0. The quantitative estimate of drug-likeness (QED) is 0.00781. The third-order valence-corrected chi connectivity index (χ3v) is 17.0. The average molecular weight is 1730 g/mol. The molecule has 7 heterocycles. The Morgan fingerprint density at radius 3 is 1.31 bits per heavy atom. The van der Waals surface area contributed by atoms with Crippen molar-refractivity contribution >= 4 is 103 Å². The number of rotatable bonds is 23. The number of nitrogens with two attached hydrogens (primary N) is 2. The highest BCUT2D eigenvalue weighted by atomic mass is 35.5. The molecule has 9 N–H and O–H groups in total. The minimum atomic E-state index is -1.03. The minimum Gasteiger partial charge on any atom is -0.497 e. The summed E-state index contributed by atoms with van der Waals surface area (Å²) in [7, 11) is 4.88. The number of carboxylic acids is 1. The number of hydrogen-bond acceptors (Lipinski definition) is 27. The Balaban J connectivity index is 0.000000484. The fourth-order valence-electron chi connectivity index (χ4n) is 9.58. The van der Waals surface area contributed by atoms with Crippen LogP contribution in [0.1, 0.15) is 114 Å². The highest BCUT2D eigenvalue weighted by Gasteiger charge is 2.31. The van der Waals surface area contributed by atoms with E-state index in [-0.39, 0.29) is 123 Å². The number of aryl methyl sites for hydroxylation is 4. The van der Waals surface area contributed by atoms with Gasteiger partial charge in [0, 0.05) is 113 Å². The van der Waals surface area contributed by atoms with Crippen LogP contribution in [0.5, 0.6) is 28.7 Å². The Kier molecular flexibility index (Phi) is 44.3. The normalized spacial score (nSPS) is 11.3. The summed E-state index contributed by atoms with van der Waals surface area (Å²) < 4.78 is 22.5. The molecule has 3 aliphatic carbocycles. The predicted molar refractivity (Wildman–Crippen MR) is 458 cm³/mol. The molecule has 39 heteroatoms. The van der Waals surface area contributed by atoms with Gasteiger partial charge in [0.25, 0.3) is 28.4 Å². The Morgan fingerprint density at radius 1 is 0.467 bits per heavy atom. The smallest absolute Gasteiger partial charge is 0.337 e. The van der Waals surface area contributed by atoms with E-state index in [0.717, 1.165) is 108 Å². The summed E-state index contributed by atoms with van der Waals surface area (Å²) in [6.45, 7) is 0.587. The monoisotopic (exact) mass is 1720 g/mol. The number of nitrogens with one attached hydrogen (secondary N) is 2. The van der Waals surface area contributed by atoms with Crippen LogP contribution in [0.25, 0.3) is 10.9 Å². The minimum absolute atomic E-state index is 0. The first-order valence-corrected chi connectivity index (χ1v) is 35.9. The molecular formula is C83H98Cl2N16O21+2. The van der Waals surface area contributed by atoms with E-state index >= 15 is 0 Å². The van der Waals surface area contributed by atoms with Gasteiger partial charge in [0.2, 0.25) is 35.1 Å². The molecule has 0 bridgehead atoms. The molecule has 3 fully saturated rings. The summed E-state index contributed by atoms with van der Waals surface area (Å²) >= 11 is 10.4. The van der Waals surface area contributed by atoms with Crippen LogP contribution >= 0.6 is 23.2 Å². The number of anilines is 3. The molecule has 7 aromatic heterocycles. The van der Waals surface area contributed by atoms with Crippen LogP contribution in [-0.2, 0) is 46.6 Å². The molecule has 3 saturated carbocycles. The van der Waals surface area contributed by atoms with Gasteiger partial charge in [-0.25, -0.2) is 19.7 Å². The lowest BCUT2D eigenvalue weighted by atomic mass is 10.1. The third kappa shape index (κ3) is 36.1. The van der Waals surface area contributed by atoms with E-state index in [4.69, 9.17) is 63.9 Å². The average Bonchev–Trinajstić information content (AvgIpc) is 1.39. The fraction of sp³-hybridized carbons (Fsp3) is 0.265. The second kappa shape index (κ2) is 52.3. The maximum absolute atomic E-state index is 11.8. The summed E-state index contributed by atoms with van der Waals surface area (Å²) in [5.74, 6) is 3.59. The number of nitrogen functional groups attached to an aromatic ring is 1. The second-order valence-electron chi connectivity index (χ2n) is 25.1. The van der Waals surface area contributed by atoms with Crippen molar-refractivity contribution in [2.45, 2.75) is 108 Å². The molecule has 0 radical (unpaired) electrons. The fourth-order valence-corrected chi connectivity index (χ4v) is 9.97. The number of methoxy groups -OCH3 is 3. The van der Waals surface area contributed by atoms with Gasteiger partial charge in [0.05, 0.1) is 87.4 Å². The lowest BCUT2D eigenvalue weighted by molar-refractivity contribution is -0.909. The van der Waals surface area contributed by atoms with Crippen molar-refractivity contribution in [3.63, 3.8) is 0 Å². The van der Waals surface area contributed by atoms with Gasteiger partial charge in [-0.1, -0.05) is 73.5 Å². The van der Waals surface area contributed by atoms with Crippen molar-refractivity contribution < 1.29 is 87.7 Å². The number of benzene rings is 4. The highest BCUT2D eigenvalue weighted by Crippen LogP contribution is 2.33. The Hall–Kier alpha value is -14.6. The number of fused-ring (bicyclic) bond motifs is 1. The largest absolute Gasteiger partial charge is 0.497 e. The lowest BCUT2D eigenvalue weighted by Gasteiger charge is -2.09. The molecule has 0 atom stereocenters. The first-order valence-electron chi connectivity index (χ1n) is 35.2. The first-order chi connectivity index (χ1) is 56.0. The maximum atomic E-state index is 11.8. The molecule has 0 unspecified atom stereocenters. The number of carbonyl (C=O) groups excluding carboxylic acids is 3. The number of nitro groups is 5. The number of nitrogens with zero attached hydrogens (tertiary/aromatic N) is 12. The van der Waals surface area contributed by atoms with Gasteiger partial charge >= 0.3 is 11.1 Å². The number of carbonyl (C=O) groups is 4. The number of halogens is 2. The molecular weight excluding hydrogens is 1630 g/mol. The molecule has 0 aliphatic heterocycles. The number of amides is 2. The van der Waals surface area contributed by atoms with Gasteiger partial charge < -0.3 is 46.2 Å². The molecule has 648 valence electrons. The summed E-state index contributed by atoms with van der Waals surface area (Å²) in [5.41, 5.74) is 15.7. The molecule has 0 saturated heterocycles. The highest BCUT2D eigenvalue weighted by molar-refractivity contribution is 6.64. The molecule has 11 aromatic rings. The molecule has 122 heavy (non-hydrogen) atoms. The number of aromatic carboxylic acids is 1. The maximum Gasteiger partial charge on any atom is 0.337 e. The zero-order valence-corrected chi connectivity index (χ0v) is 64.2. The van der Waals surface area contributed by atoms with Gasteiger partial charge in [0.15, 0.2) is 0 Å². The number of pyridine rings is 7. The first kappa shape index (κ1) is 103. The van der Waals surface area contributed by atoms with Gasteiger partial charge in [-0.3, -0.25) is 85.3 Å². The van der Waals surface area contributed by atoms with Crippen molar-refractivity contribution in [3.05, 3.63) is 303 Å². The summed E-state index contributed by atoms with van der Waals surface area (Å²) in [6.07, 6.45) is 17.6. The topological polar surface area (TPSA) is 530 Å². The SMILES string of the molecule is C.C.C.C.C.COc1ccc(CCc2cc([N+](=O)[O-])cc[n+]2O)cc1.COc1ccc(CCc2cc([N+](=O)[O-])ccn2)cc1.COc1ccc(CN)cc1.Nc1cc([N+](=O)[O-])ccn1.O=C(Cl)C1CC1.O=C(Nc1cc([N+](=O)[O-])ccn1)C1CC1.O=C(O)c1cnc2ccc(Oc3ccnc(NC(=O)C4CC4)c3)cc2c1.O=[N+]([O-])c1cc[n+](O)c(Cl)c1. The Labute approximate surface area is 712 Å². The van der Waals surface area contributed by atoms with E-state index in [1.54, 1.807) is 63.9 Å². The van der Waals surface area contributed by atoms with Gasteiger partial charge in [-0.2, -0.15) is 0 Å². The molecule has 0 spiro atoms. The Bertz CT molecular complexity index is 5240. The van der Waals surface area contributed by atoms with Crippen LogP contribution < -0.4 is 50.5 Å². The van der Waals surface area contributed by atoms with E-state index in [9.17, 15) is 75.0 Å². The zero-order chi connectivity index (χ0) is 85.1. The van der Waals surface area contributed by atoms with E-state index in [0.29, 0.717) is 64.5 Å². The van der Waals surface area contributed by atoms with Crippen LogP contribution in [0.3, 0.4) is 0 Å². The number of carboxylic acid groups (broad SMARTS) is 1. The van der Waals surface area contributed by atoms with Crippen LogP contribution in [-0.4, -0.2) is 109 Å². The second-order valence-corrected chi connectivity index (χ2v) is 25.9. The third-order valence-electron chi connectivity index (χ3n) is 16.4. The van der Waals surface area contributed by atoms with Crippen molar-refractivity contribution in [1.82, 2.24) is 24.9 Å². The Morgan fingerprint density at radius 2 is 0.877 bits per heavy atom. The standard InChI is InChI=1S/C19H15N3O4.C14H15N2O4.C14H14N2O3.C9H9N3O3.C8H11NO.C5H4ClN2O3.C5H5N3O2.C4H5ClO.5CH4/c23-18(11-1-2-11)22-17-9-15(5-6-20-17)26-14-3-4-16-12(8-14)7-13(10-21-16)19(24)25;1-20-14-6-3-11(4-7-14)2-5-12-10-13(16(18)19)8-9-15(12)17;1-19-14-6-3-11(4-7-14)2-5-12-10-13(16(17)18)8-9-15-12;13-9(6-1-2-6)11-8-5-7(12(14)15)3-4-10-8;1-10-8-4-2-7(6-9)3-5-8;6-5-3-4(8(10)11)1-2-7(5)9;6-5-3-4(8(9)10)1-2-7-5;5-4(6)3-1-2-3;;;;;/h3-11H,1-2H2,(H,24,25)(H,20,22,23);3-4,6-10,17H,2,5H2,1H3;3-4,6-10H,2,5H2,1H3;3-6H,1-2H2,(H,10,11,13);2-5H,6,9H2,1H3;1-3,9H;1-3H,(H2,6,7);3H,1-2H2;5*1H4/q;+1;;;;+1;;;;;;;. The van der Waals surface area contributed by atoms with Crippen molar-refractivity contribution in [2.24, 2.45) is 23.5 Å². The van der Waals surface area contributed by atoms with Crippen molar-refractivity contribution in [2.75, 3.05) is 37.7 Å². The van der Waals surface area contributed by atoms with Crippen LogP contribution in [0.4, 0.5) is 45.9 Å². The number of hydrogen-bond donors (Lipinski definition) is 7. The number of aromatic nitrogens is 7. The summed E-state index contributed by atoms with van der Waals surface area (Å²) in [5, 5.41) is 85.3. The van der Waals surface area contributed by atoms with Crippen LogP contribution in [0, 0.1) is 68.3 Å². The summed E-state index contributed by atoms with van der Waals surface area (Å²) in [4.78, 5) is 114. The van der Waals surface area contributed by atoms with Crippen molar-refractivity contribution in [1.29, 1.82) is 0 Å². The molecule has 4 aromatic carbocycles. The lowest BCUT2D eigenvalue weighted by Crippen LogP contribution is -2.35. The van der Waals surface area contributed by atoms with Gasteiger partial charge in [0.1, 0.15) is 52.3 Å². The van der Waals surface area contributed by atoms with Gasteiger partial charge in [-0.05, 0) is 164 Å². The van der Waals surface area contributed by atoms with E-state index in [1.165, 1.54) is 79.5 Å². The van der Waals surface area contributed by atoms with Gasteiger partial charge in [-0.15, -0.1) is 0 Å². The van der Waals surface area contributed by atoms with Crippen LogP contribution in [0.15, 0.2) is 213 Å². The molecule has 3 aliphatic rings. The van der Waals surface area contributed by atoms with Crippen LogP contribution in [0.2, 0.25) is 5.15 Å². The van der Waals surface area contributed by atoms with E-state index < -0.39 is 30.6 Å². The van der Waals surface area contributed by atoms with E-state index in [2.05, 4.69) is 35.6 Å². The predicted octanol–water partition coefficient (Wildman–Crippen LogP) is 16.3. The molecule has 14 rings (SSSR count). The zero-order valence-electron chi connectivity index (χ0n) is 62.7. The van der Waals surface area contributed by atoms with Crippen molar-refractivity contribution in [3.8, 4) is 28.7 Å².